The molecule has 0 bridgehead atoms. The van der Waals surface area contributed by atoms with Gasteiger partial charge >= 0.3 is 0 Å². The number of aromatic nitrogens is 1. The molecule has 1 heterocycles. The second kappa shape index (κ2) is 7.07. The van der Waals surface area contributed by atoms with Crippen molar-refractivity contribution in [1.82, 2.24) is 9.88 Å². The normalized spacial score (nSPS) is 13.0. The number of hydrogen-bond donors (Lipinski definition) is 2. The lowest BCUT2D eigenvalue weighted by Gasteiger charge is -2.15. The molecule has 0 saturated carbocycles. The Labute approximate surface area is 116 Å². The maximum Gasteiger partial charge on any atom is 0.253 e. The van der Waals surface area contributed by atoms with E-state index in [9.17, 15) is 9.90 Å². The van der Waals surface area contributed by atoms with Crippen LogP contribution in [0.4, 0.5) is 0 Å². The van der Waals surface area contributed by atoms with Gasteiger partial charge in [0, 0.05) is 22.8 Å². The van der Waals surface area contributed by atoms with Crippen LogP contribution in [0.3, 0.4) is 0 Å². The van der Waals surface area contributed by atoms with Crippen LogP contribution in [0.5, 0.6) is 0 Å². The van der Waals surface area contributed by atoms with E-state index >= 15 is 0 Å². The monoisotopic (exact) mass is 316 g/mol. The van der Waals surface area contributed by atoms with Gasteiger partial charge in [0.05, 0.1) is 12.6 Å². The Balaban J connectivity index is 2.59. The molecular weight excluding hydrogens is 296 g/mol. The topological polar surface area (TPSA) is 54.3 Å². The molecule has 5 heteroatoms. The number of rotatable bonds is 6. The lowest BCUT2D eigenvalue weighted by atomic mass is 10.2. The lowest BCUT2D eigenvalue weighted by molar-refractivity contribution is 0.149. The van der Waals surface area contributed by atoms with E-state index in [1.807, 2.05) is 0 Å². The highest BCUT2D eigenvalue weighted by Gasteiger charge is 2.08. The third kappa shape index (κ3) is 4.92. The molecule has 0 aromatic carbocycles. The second-order valence-corrected chi connectivity index (χ2v) is 5.92. The molecule has 0 aliphatic rings. The molecule has 0 radical (unpaired) electrons. The third-order valence-electron chi connectivity index (χ3n) is 2.57. The summed E-state index contributed by atoms with van der Waals surface area (Å²) in [6.07, 6.45) is 1.15. The van der Waals surface area contributed by atoms with E-state index in [1.54, 1.807) is 23.8 Å². The average molecular weight is 317 g/mol. The summed E-state index contributed by atoms with van der Waals surface area (Å²) in [5.74, 6) is 0.549. The van der Waals surface area contributed by atoms with Crippen LogP contribution in [0, 0.1) is 12.8 Å². The first-order valence-corrected chi connectivity index (χ1v) is 6.94. The van der Waals surface area contributed by atoms with Crippen molar-refractivity contribution in [3.8, 4) is 0 Å². The highest BCUT2D eigenvalue weighted by molar-refractivity contribution is 9.10. The number of hydrogen-bond acceptors (Lipinski definition) is 3. The summed E-state index contributed by atoms with van der Waals surface area (Å²) in [6, 6.07) is 1.78. The van der Waals surface area contributed by atoms with Crippen LogP contribution >= 0.6 is 15.9 Å². The maximum absolute atomic E-state index is 11.8. The SMILES string of the molecule is Cc1cc(Br)cn(CC(O)CNCC(C)C)c1=O. The van der Waals surface area contributed by atoms with E-state index in [4.69, 9.17) is 0 Å². The van der Waals surface area contributed by atoms with Crippen molar-refractivity contribution in [3.05, 3.63) is 32.7 Å². The molecule has 4 nitrogen and oxygen atoms in total. The van der Waals surface area contributed by atoms with Crippen LogP contribution in [-0.2, 0) is 6.54 Å². The maximum atomic E-state index is 11.8. The molecular formula is C13H21BrN2O2. The van der Waals surface area contributed by atoms with E-state index in [1.165, 1.54) is 0 Å². The number of aliphatic hydroxyl groups excluding tert-OH is 1. The highest BCUT2D eigenvalue weighted by Crippen LogP contribution is 2.08. The van der Waals surface area contributed by atoms with E-state index in [0.29, 0.717) is 24.6 Å². The quantitative estimate of drug-likeness (QED) is 0.836. The highest BCUT2D eigenvalue weighted by atomic mass is 79.9. The van der Waals surface area contributed by atoms with E-state index < -0.39 is 6.10 Å². The number of nitrogens with zero attached hydrogens (tertiary/aromatic N) is 1. The first-order valence-electron chi connectivity index (χ1n) is 6.15. The van der Waals surface area contributed by atoms with Gasteiger partial charge in [-0.05, 0) is 41.4 Å². The zero-order chi connectivity index (χ0) is 13.7. The molecule has 2 N–H and O–H groups in total. The second-order valence-electron chi connectivity index (χ2n) is 5.00. The van der Waals surface area contributed by atoms with Gasteiger partial charge in [-0.15, -0.1) is 0 Å². The summed E-state index contributed by atoms with van der Waals surface area (Å²) in [4.78, 5) is 11.8. The Morgan fingerprint density at radius 2 is 2.11 bits per heavy atom. The van der Waals surface area contributed by atoms with Crippen LogP contribution in [0.25, 0.3) is 0 Å². The Morgan fingerprint density at radius 1 is 1.44 bits per heavy atom. The lowest BCUT2D eigenvalue weighted by Crippen LogP contribution is -2.35. The summed E-state index contributed by atoms with van der Waals surface area (Å²) in [5, 5.41) is 13.1. The van der Waals surface area contributed by atoms with E-state index in [-0.39, 0.29) is 5.56 Å². The van der Waals surface area contributed by atoms with Gasteiger partial charge in [0.15, 0.2) is 0 Å². The largest absolute Gasteiger partial charge is 0.390 e. The van der Waals surface area contributed by atoms with Crippen LogP contribution in [0.15, 0.2) is 21.5 Å². The molecule has 102 valence electrons. The minimum atomic E-state index is -0.560. The van der Waals surface area contributed by atoms with Crippen LogP contribution in [-0.4, -0.2) is 28.9 Å². The molecule has 0 amide bonds. The minimum absolute atomic E-state index is 0.0545. The van der Waals surface area contributed by atoms with Gasteiger partial charge in [0.1, 0.15) is 0 Å². The molecule has 0 aliphatic heterocycles. The van der Waals surface area contributed by atoms with Crippen molar-refractivity contribution in [2.45, 2.75) is 33.4 Å². The van der Waals surface area contributed by atoms with Gasteiger partial charge in [-0.1, -0.05) is 13.8 Å². The Bertz CT molecular complexity index is 443. The van der Waals surface area contributed by atoms with Crippen LogP contribution in [0.2, 0.25) is 0 Å². The molecule has 0 saturated heterocycles. The Hall–Kier alpha value is -0.650. The molecule has 0 spiro atoms. The van der Waals surface area contributed by atoms with Gasteiger partial charge in [0.2, 0.25) is 0 Å². The van der Waals surface area contributed by atoms with Crippen molar-refractivity contribution in [2.24, 2.45) is 5.92 Å². The molecule has 1 aromatic rings. The first kappa shape index (κ1) is 15.4. The zero-order valence-electron chi connectivity index (χ0n) is 11.1. The van der Waals surface area contributed by atoms with Crippen molar-refractivity contribution in [2.75, 3.05) is 13.1 Å². The van der Waals surface area contributed by atoms with E-state index in [0.717, 1.165) is 11.0 Å². The number of nitrogens with one attached hydrogen (secondary N) is 1. The summed E-state index contributed by atoms with van der Waals surface area (Å²) in [7, 11) is 0. The molecule has 1 rings (SSSR count). The predicted octanol–water partition coefficient (Wildman–Crippen LogP) is 1.53. The van der Waals surface area contributed by atoms with Crippen LogP contribution < -0.4 is 10.9 Å². The predicted molar refractivity (Wildman–Crippen MR) is 76.9 cm³/mol. The van der Waals surface area contributed by atoms with Crippen LogP contribution in [0.1, 0.15) is 19.4 Å². The standard InChI is InChI=1S/C13H21BrN2O2/c1-9(2)5-15-6-12(17)8-16-7-11(14)4-10(3)13(16)18/h4,7,9,12,15,17H,5-6,8H2,1-3H3. The summed E-state index contributed by atoms with van der Waals surface area (Å²) in [5.41, 5.74) is 0.618. The zero-order valence-corrected chi connectivity index (χ0v) is 12.7. The number of pyridine rings is 1. The minimum Gasteiger partial charge on any atom is -0.390 e. The van der Waals surface area contributed by atoms with Crippen molar-refractivity contribution >= 4 is 15.9 Å². The molecule has 1 aromatic heterocycles. The van der Waals surface area contributed by atoms with E-state index in [2.05, 4.69) is 35.1 Å². The first-order chi connectivity index (χ1) is 8.40. The van der Waals surface area contributed by atoms with Gasteiger partial charge in [-0.2, -0.15) is 0 Å². The summed E-state index contributed by atoms with van der Waals surface area (Å²) in [6.45, 7) is 7.67. The fourth-order valence-electron chi connectivity index (χ4n) is 1.71. The van der Waals surface area contributed by atoms with Gasteiger partial charge < -0.3 is 15.0 Å². The van der Waals surface area contributed by atoms with Gasteiger partial charge in [-0.25, -0.2) is 0 Å². The molecule has 1 atom stereocenters. The van der Waals surface area contributed by atoms with Gasteiger partial charge in [0.25, 0.3) is 5.56 Å². The average Bonchev–Trinajstić information content (AvgIpc) is 2.24. The summed E-state index contributed by atoms with van der Waals surface area (Å²) >= 11 is 3.35. The fraction of sp³-hybridized carbons (Fsp3) is 0.615. The van der Waals surface area contributed by atoms with Crippen molar-refractivity contribution in [3.63, 3.8) is 0 Å². The van der Waals surface area contributed by atoms with Gasteiger partial charge in [-0.3, -0.25) is 4.79 Å². The molecule has 0 fully saturated rings. The Morgan fingerprint density at radius 3 is 2.72 bits per heavy atom. The molecule has 18 heavy (non-hydrogen) atoms. The Kier molecular flexibility index (Phi) is 6.05. The smallest absolute Gasteiger partial charge is 0.253 e. The number of halogens is 1. The number of aryl methyl sites for hydroxylation is 1. The van der Waals surface area contributed by atoms with Crippen molar-refractivity contribution in [1.29, 1.82) is 0 Å². The summed E-state index contributed by atoms with van der Waals surface area (Å²) < 4.78 is 2.39. The third-order valence-corrected chi connectivity index (χ3v) is 3.01. The fourth-order valence-corrected chi connectivity index (χ4v) is 2.30. The molecule has 1 unspecified atom stereocenters. The molecule has 0 aliphatic carbocycles. The number of aliphatic hydroxyl groups is 1. The van der Waals surface area contributed by atoms with Crippen molar-refractivity contribution < 1.29 is 5.11 Å².